The van der Waals surface area contributed by atoms with Crippen LogP contribution in [-0.2, 0) is 14.4 Å². The minimum absolute atomic E-state index is 0.0763. The van der Waals surface area contributed by atoms with Gasteiger partial charge in [-0.2, -0.15) is 0 Å². The van der Waals surface area contributed by atoms with Crippen LogP contribution in [0.3, 0.4) is 0 Å². The molecule has 0 spiro atoms. The highest BCUT2D eigenvalue weighted by molar-refractivity contribution is 6.05. The van der Waals surface area contributed by atoms with Crippen molar-refractivity contribution in [3.8, 4) is 0 Å². The lowest BCUT2D eigenvalue weighted by molar-refractivity contribution is -0.137. The number of carboxylic acid groups (broad SMARTS) is 1. The number of hydrogen-bond acceptors (Lipinski definition) is 4. The zero-order valence-corrected chi connectivity index (χ0v) is 8.81. The molecule has 0 unspecified atom stereocenters. The van der Waals surface area contributed by atoms with Gasteiger partial charge in [-0.05, 0) is 13.0 Å². The number of carboxylic acids is 1. The summed E-state index contributed by atoms with van der Waals surface area (Å²) >= 11 is 0. The van der Waals surface area contributed by atoms with E-state index in [-0.39, 0.29) is 30.1 Å². The standard InChI is InChI=1S/C10H14N2O4/c13-8(14)2-4-12-3-1-6-7(5-12)10(16)11-9(6)15/h6-7H,1-5H2,(H,13,14)(H,11,15,16)/t6-,7+/m1/s1. The van der Waals surface area contributed by atoms with Crippen LogP contribution in [0.1, 0.15) is 12.8 Å². The van der Waals surface area contributed by atoms with Gasteiger partial charge in [0.05, 0.1) is 18.3 Å². The molecular weight excluding hydrogens is 212 g/mol. The van der Waals surface area contributed by atoms with E-state index in [4.69, 9.17) is 5.11 Å². The van der Waals surface area contributed by atoms with Gasteiger partial charge in [-0.25, -0.2) is 0 Å². The summed E-state index contributed by atoms with van der Waals surface area (Å²) in [5.74, 6) is -1.71. The van der Waals surface area contributed by atoms with E-state index in [2.05, 4.69) is 5.32 Å². The lowest BCUT2D eigenvalue weighted by Gasteiger charge is -2.31. The second kappa shape index (κ2) is 4.21. The van der Waals surface area contributed by atoms with E-state index >= 15 is 0 Å². The van der Waals surface area contributed by atoms with Gasteiger partial charge in [0, 0.05) is 13.1 Å². The molecule has 2 amide bonds. The first-order valence-corrected chi connectivity index (χ1v) is 5.37. The fourth-order valence-corrected chi connectivity index (χ4v) is 2.36. The van der Waals surface area contributed by atoms with Crippen LogP contribution in [0.4, 0.5) is 0 Å². The van der Waals surface area contributed by atoms with E-state index in [1.807, 2.05) is 4.90 Å². The van der Waals surface area contributed by atoms with Crippen molar-refractivity contribution in [2.75, 3.05) is 19.6 Å². The number of amides is 2. The van der Waals surface area contributed by atoms with Gasteiger partial charge in [-0.1, -0.05) is 0 Å². The van der Waals surface area contributed by atoms with Crippen molar-refractivity contribution >= 4 is 17.8 Å². The third-order valence-electron chi connectivity index (χ3n) is 3.26. The molecule has 0 aromatic heterocycles. The van der Waals surface area contributed by atoms with E-state index < -0.39 is 5.97 Å². The molecule has 6 nitrogen and oxygen atoms in total. The molecule has 2 aliphatic rings. The Morgan fingerprint density at radius 1 is 1.38 bits per heavy atom. The number of hydrogen-bond donors (Lipinski definition) is 2. The Balaban J connectivity index is 1.92. The van der Waals surface area contributed by atoms with Crippen molar-refractivity contribution in [1.82, 2.24) is 10.2 Å². The lowest BCUT2D eigenvalue weighted by atomic mass is 9.88. The number of rotatable bonds is 3. The number of fused-ring (bicyclic) bond motifs is 1. The Morgan fingerprint density at radius 2 is 2.06 bits per heavy atom. The van der Waals surface area contributed by atoms with Gasteiger partial charge >= 0.3 is 5.97 Å². The molecule has 0 saturated carbocycles. The van der Waals surface area contributed by atoms with E-state index in [1.54, 1.807) is 0 Å². The highest BCUT2D eigenvalue weighted by Gasteiger charge is 2.44. The normalized spacial score (nSPS) is 30.0. The quantitative estimate of drug-likeness (QED) is 0.606. The number of imide groups is 1. The van der Waals surface area contributed by atoms with Gasteiger partial charge in [0.25, 0.3) is 0 Å². The Labute approximate surface area is 92.6 Å². The molecular formula is C10H14N2O4. The Bertz CT molecular complexity index is 342. The summed E-state index contributed by atoms with van der Waals surface area (Å²) in [6.07, 6.45) is 0.717. The minimum atomic E-state index is -0.839. The molecule has 2 fully saturated rings. The van der Waals surface area contributed by atoms with Crippen LogP contribution in [0, 0.1) is 11.8 Å². The van der Waals surface area contributed by atoms with Crippen LogP contribution >= 0.6 is 0 Å². The Hall–Kier alpha value is -1.43. The molecule has 2 N–H and O–H groups in total. The maximum absolute atomic E-state index is 11.4. The van der Waals surface area contributed by atoms with Gasteiger partial charge in [-0.15, -0.1) is 0 Å². The molecule has 2 atom stereocenters. The Morgan fingerprint density at radius 3 is 2.75 bits per heavy atom. The first-order valence-electron chi connectivity index (χ1n) is 5.37. The van der Waals surface area contributed by atoms with Crippen LogP contribution in [0.5, 0.6) is 0 Å². The summed E-state index contributed by atoms with van der Waals surface area (Å²) in [6.45, 7) is 1.63. The zero-order chi connectivity index (χ0) is 11.7. The maximum atomic E-state index is 11.4. The first-order chi connectivity index (χ1) is 7.58. The number of nitrogens with one attached hydrogen (secondary N) is 1. The van der Waals surface area contributed by atoms with Crippen molar-refractivity contribution in [2.45, 2.75) is 12.8 Å². The lowest BCUT2D eigenvalue weighted by Crippen LogP contribution is -2.42. The second-order valence-electron chi connectivity index (χ2n) is 4.30. The molecule has 0 bridgehead atoms. The SMILES string of the molecule is O=C(O)CCN1CC[C@H]2C(=O)NC(=O)[C@H]2C1. The van der Waals surface area contributed by atoms with Crippen LogP contribution < -0.4 is 5.32 Å². The summed E-state index contributed by atoms with van der Waals surface area (Å²) in [5.41, 5.74) is 0. The molecule has 2 aliphatic heterocycles. The molecule has 88 valence electrons. The topological polar surface area (TPSA) is 86.7 Å². The summed E-state index contributed by atoms with van der Waals surface area (Å²) in [7, 11) is 0. The predicted octanol–water partition coefficient (Wildman–Crippen LogP) is -0.944. The van der Waals surface area contributed by atoms with Crippen LogP contribution in [0.25, 0.3) is 0 Å². The molecule has 2 saturated heterocycles. The van der Waals surface area contributed by atoms with E-state index in [0.29, 0.717) is 26.1 Å². The maximum Gasteiger partial charge on any atom is 0.304 e. The van der Waals surface area contributed by atoms with E-state index in [0.717, 1.165) is 0 Å². The third kappa shape index (κ3) is 2.06. The van der Waals surface area contributed by atoms with Crippen molar-refractivity contribution in [3.63, 3.8) is 0 Å². The summed E-state index contributed by atoms with van der Waals surface area (Å²) in [6, 6.07) is 0. The van der Waals surface area contributed by atoms with Crippen LogP contribution in [0.15, 0.2) is 0 Å². The molecule has 2 heterocycles. The van der Waals surface area contributed by atoms with Crippen LogP contribution in [0.2, 0.25) is 0 Å². The van der Waals surface area contributed by atoms with Crippen LogP contribution in [-0.4, -0.2) is 47.4 Å². The molecule has 16 heavy (non-hydrogen) atoms. The smallest absolute Gasteiger partial charge is 0.304 e. The fraction of sp³-hybridized carbons (Fsp3) is 0.700. The first kappa shape index (κ1) is 11.1. The third-order valence-corrected chi connectivity index (χ3v) is 3.26. The highest BCUT2D eigenvalue weighted by Crippen LogP contribution is 2.28. The number of piperidine rings is 1. The largest absolute Gasteiger partial charge is 0.481 e. The molecule has 0 aliphatic carbocycles. The summed E-state index contributed by atoms with van der Waals surface area (Å²) in [4.78, 5) is 35.1. The zero-order valence-electron chi connectivity index (χ0n) is 8.81. The molecule has 6 heteroatoms. The van der Waals surface area contributed by atoms with Crippen molar-refractivity contribution < 1.29 is 19.5 Å². The summed E-state index contributed by atoms with van der Waals surface area (Å²) < 4.78 is 0. The minimum Gasteiger partial charge on any atom is -0.481 e. The van der Waals surface area contributed by atoms with Crippen molar-refractivity contribution in [3.05, 3.63) is 0 Å². The average Bonchev–Trinajstić information content (AvgIpc) is 2.52. The van der Waals surface area contributed by atoms with E-state index in [1.165, 1.54) is 0 Å². The van der Waals surface area contributed by atoms with Crippen molar-refractivity contribution in [1.29, 1.82) is 0 Å². The predicted molar refractivity (Wildman–Crippen MR) is 53.4 cm³/mol. The number of carbonyl (C=O) groups excluding carboxylic acids is 2. The highest BCUT2D eigenvalue weighted by atomic mass is 16.4. The van der Waals surface area contributed by atoms with Crippen molar-refractivity contribution in [2.24, 2.45) is 11.8 Å². The van der Waals surface area contributed by atoms with E-state index in [9.17, 15) is 14.4 Å². The molecule has 2 rings (SSSR count). The monoisotopic (exact) mass is 226 g/mol. The van der Waals surface area contributed by atoms with Gasteiger partial charge in [-0.3, -0.25) is 19.7 Å². The van der Waals surface area contributed by atoms with Gasteiger partial charge in [0.1, 0.15) is 0 Å². The molecule has 0 aromatic carbocycles. The van der Waals surface area contributed by atoms with Gasteiger partial charge < -0.3 is 10.0 Å². The number of aliphatic carboxylic acids is 1. The van der Waals surface area contributed by atoms with Gasteiger partial charge in [0.2, 0.25) is 11.8 Å². The number of carbonyl (C=O) groups is 3. The van der Waals surface area contributed by atoms with Gasteiger partial charge in [0.15, 0.2) is 0 Å². The average molecular weight is 226 g/mol. The fourth-order valence-electron chi connectivity index (χ4n) is 2.36. The number of nitrogens with zero attached hydrogens (tertiary/aromatic N) is 1. The number of likely N-dealkylation sites (tertiary alicyclic amines) is 1. The molecule has 0 aromatic rings. The Kier molecular flexibility index (Phi) is 2.91. The molecule has 0 radical (unpaired) electrons. The second-order valence-corrected chi connectivity index (χ2v) is 4.30. The summed E-state index contributed by atoms with van der Waals surface area (Å²) in [5, 5.41) is 10.9.